The normalized spacial score (nSPS) is 50.0. The summed E-state index contributed by atoms with van der Waals surface area (Å²) in [4.78, 5) is 0. The Kier molecular flexibility index (Phi) is 6.11. The summed E-state index contributed by atoms with van der Waals surface area (Å²) < 4.78 is 16.1. The summed E-state index contributed by atoms with van der Waals surface area (Å²) in [5.41, 5.74) is 0. The fraction of sp³-hybridized carbons (Fsp3) is 1.00. The summed E-state index contributed by atoms with van der Waals surface area (Å²) in [5, 5.41) is 57.9. The van der Waals surface area contributed by atoms with Gasteiger partial charge in [-0.15, -0.1) is 0 Å². The Hall–Kier alpha value is -0.360. The molecule has 130 valence electrons. The van der Waals surface area contributed by atoms with Gasteiger partial charge in [0, 0.05) is 6.42 Å². The summed E-state index contributed by atoms with van der Waals surface area (Å²) in [7, 11) is 0. The number of hydrogen-bond acceptors (Lipinski definition) is 9. The molecular formula is C13H24O9. The van der Waals surface area contributed by atoms with Crippen LogP contribution in [0.4, 0.5) is 0 Å². The summed E-state index contributed by atoms with van der Waals surface area (Å²) in [6.45, 7) is 1.24. The third kappa shape index (κ3) is 3.58. The summed E-state index contributed by atoms with van der Waals surface area (Å²) in [6.07, 6.45) is -10.3. The number of ether oxygens (including phenoxy) is 3. The Bertz CT molecular complexity index is 352. The van der Waals surface area contributed by atoms with Crippen LogP contribution in [0.5, 0.6) is 0 Å². The zero-order valence-electron chi connectivity index (χ0n) is 12.2. The monoisotopic (exact) mass is 324 g/mol. The van der Waals surface area contributed by atoms with Gasteiger partial charge in [-0.3, -0.25) is 0 Å². The van der Waals surface area contributed by atoms with E-state index in [1.54, 1.807) is 6.92 Å². The summed E-state index contributed by atoms with van der Waals surface area (Å²) in [5.74, 6) is 0. The first-order valence-corrected chi connectivity index (χ1v) is 7.36. The van der Waals surface area contributed by atoms with Gasteiger partial charge in [0.15, 0.2) is 12.6 Å². The molecule has 3 unspecified atom stereocenters. The molecule has 0 radical (unpaired) electrons. The van der Waals surface area contributed by atoms with Crippen LogP contribution in [0.15, 0.2) is 0 Å². The van der Waals surface area contributed by atoms with Gasteiger partial charge in [-0.25, -0.2) is 0 Å². The van der Waals surface area contributed by atoms with E-state index in [9.17, 15) is 25.5 Å². The van der Waals surface area contributed by atoms with Crippen LogP contribution in [0.3, 0.4) is 0 Å². The molecule has 9 heteroatoms. The van der Waals surface area contributed by atoms with E-state index in [1.165, 1.54) is 0 Å². The number of rotatable bonds is 4. The van der Waals surface area contributed by atoms with Gasteiger partial charge in [-0.05, 0) is 6.42 Å². The molecule has 2 rings (SSSR count). The highest BCUT2D eigenvalue weighted by atomic mass is 16.8. The molecule has 22 heavy (non-hydrogen) atoms. The van der Waals surface area contributed by atoms with E-state index in [0.717, 1.165) is 0 Å². The number of aliphatic hydroxyl groups is 6. The molecule has 0 amide bonds. The molecule has 0 aromatic carbocycles. The van der Waals surface area contributed by atoms with Crippen molar-refractivity contribution in [3.8, 4) is 0 Å². The van der Waals surface area contributed by atoms with Crippen LogP contribution in [0.1, 0.15) is 19.8 Å². The van der Waals surface area contributed by atoms with Gasteiger partial charge in [0.05, 0.1) is 18.8 Å². The topological polar surface area (TPSA) is 149 Å². The van der Waals surface area contributed by atoms with Crippen LogP contribution >= 0.6 is 0 Å². The first-order valence-electron chi connectivity index (χ1n) is 7.36. The van der Waals surface area contributed by atoms with Gasteiger partial charge in [0.25, 0.3) is 0 Å². The Balaban J connectivity index is 2.00. The lowest BCUT2D eigenvalue weighted by Crippen LogP contribution is -2.60. The molecule has 0 aromatic rings. The number of hydrogen-bond donors (Lipinski definition) is 6. The Morgan fingerprint density at radius 1 is 0.909 bits per heavy atom. The Morgan fingerprint density at radius 3 is 2.18 bits per heavy atom. The van der Waals surface area contributed by atoms with Gasteiger partial charge in [0.2, 0.25) is 0 Å². The van der Waals surface area contributed by atoms with Gasteiger partial charge in [-0.2, -0.15) is 0 Å². The predicted molar refractivity (Wildman–Crippen MR) is 70.4 cm³/mol. The van der Waals surface area contributed by atoms with Crippen LogP contribution in [0.2, 0.25) is 0 Å². The van der Waals surface area contributed by atoms with Crippen molar-refractivity contribution in [3.63, 3.8) is 0 Å². The molecule has 9 atom stereocenters. The predicted octanol–water partition coefficient (Wildman–Crippen LogP) is -2.95. The molecule has 6 N–H and O–H groups in total. The minimum absolute atomic E-state index is 0.0836. The minimum Gasteiger partial charge on any atom is -0.394 e. The Labute approximate surface area is 127 Å². The molecular weight excluding hydrogens is 300 g/mol. The largest absolute Gasteiger partial charge is 0.394 e. The Morgan fingerprint density at radius 2 is 1.59 bits per heavy atom. The van der Waals surface area contributed by atoms with Gasteiger partial charge >= 0.3 is 0 Å². The molecule has 2 heterocycles. The standard InChI is InChI=1S/C13H24O9/c1-2-6-10(17)11(18)12(19)13(21-6)22-8-3-5(15)9(16)7(4-14)20-8/h5-19H,2-4H2,1H3/t5-,6?,7?,8-,9+,10-,11?,12-,13-/m1/s1. The molecule has 2 aliphatic rings. The number of aliphatic hydroxyl groups excluding tert-OH is 6. The molecule has 2 fully saturated rings. The maximum atomic E-state index is 9.92. The molecule has 2 aliphatic heterocycles. The smallest absolute Gasteiger partial charge is 0.189 e. The zero-order chi connectivity index (χ0) is 16.4. The summed E-state index contributed by atoms with van der Waals surface area (Å²) >= 11 is 0. The van der Waals surface area contributed by atoms with Crippen LogP contribution in [-0.4, -0.2) is 92.6 Å². The van der Waals surface area contributed by atoms with Gasteiger partial charge in [-0.1, -0.05) is 6.92 Å². The van der Waals surface area contributed by atoms with Crippen molar-refractivity contribution in [1.82, 2.24) is 0 Å². The molecule has 0 aliphatic carbocycles. The van der Waals surface area contributed by atoms with Crippen LogP contribution in [0, 0.1) is 0 Å². The van der Waals surface area contributed by atoms with Crippen molar-refractivity contribution in [2.75, 3.05) is 6.61 Å². The molecule has 0 saturated carbocycles. The van der Waals surface area contributed by atoms with Crippen LogP contribution < -0.4 is 0 Å². The SMILES string of the molecule is CCC1O[C@H](O[C@@H]2C[C@@H](O)[C@H](O)C(CO)O2)[C@H](O)C(O)[C@@H]1O. The van der Waals surface area contributed by atoms with Crippen molar-refractivity contribution in [2.45, 2.75) is 75.1 Å². The highest BCUT2D eigenvalue weighted by Crippen LogP contribution is 2.28. The fourth-order valence-corrected chi connectivity index (χ4v) is 2.67. The van der Waals surface area contributed by atoms with Crippen molar-refractivity contribution in [3.05, 3.63) is 0 Å². The lowest BCUT2D eigenvalue weighted by atomic mass is 9.97. The second kappa shape index (κ2) is 7.47. The van der Waals surface area contributed by atoms with Gasteiger partial charge in [0.1, 0.15) is 30.5 Å². The van der Waals surface area contributed by atoms with Crippen molar-refractivity contribution in [2.24, 2.45) is 0 Å². The van der Waals surface area contributed by atoms with Crippen LogP contribution in [0.25, 0.3) is 0 Å². The molecule has 0 spiro atoms. The molecule has 0 bridgehead atoms. The quantitative estimate of drug-likeness (QED) is 0.319. The molecule has 9 nitrogen and oxygen atoms in total. The highest BCUT2D eigenvalue weighted by molar-refractivity contribution is 4.89. The lowest BCUT2D eigenvalue weighted by molar-refractivity contribution is -0.356. The van der Waals surface area contributed by atoms with Crippen molar-refractivity contribution >= 4 is 0 Å². The van der Waals surface area contributed by atoms with E-state index < -0.39 is 61.9 Å². The molecule has 2 saturated heterocycles. The zero-order valence-corrected chi connectivity index (χ0v) is 12.2. The van der Waals surface area contributed by atoms with E-state index in [0.29, 0.717) is 6.42 Å². The van der Waals surface area contributed by atoms with Crippen molar-refractivity contribution in [1.29, 1.82) is 0 Å². The average Bonchev–Trinajstić information content (AvgIpc) is 2.51. The van der Waals surface area contributed by atoms with Gasteiger partial charge < -0.3 is 44.8 Å². The van der Waals surface area contributed by atoms with E-state index in [-0.39, 0.29) is 6.42 Å². The minimum atomic E-state index is -1.49. The average molecular weight is 324 g/mol. The van der Waals surface area contributed by atoms with E-state index >= 15 is 0 Å². The second-order valence-corrected chi connectivity index (χ2v) is 5.64. The first kappa shape index (κ1) is 18.0. The van der Waals surface area contributed by atoms with E-state index in [2.05, 4.69) is 0 Å². The third-order valence-electron chi connectivity index (χ3n) is 4.07. The third-order valence-corrected chi connectivity index (χ3v) is 4.07. The van der Waals surface area contributed by atoms with E-state index in [4.69, 9.17) is 19.3 Å². The second-order valence-electron chi connectivity index (χ2n) is 5.64. The van der Waals surface area contributed by atoms with Crippen LogP contribution in [-0.2, 0) is 14.2 Å². The summed E-state index contributed by atoms with van der Waals surface area (Å²) in [6, 6.07) is 0. The first-order chi connectivity index (χ1) is 10.4. The van der Waals surface area contributed by atoms with E-state index in [1.807, 2.05) is 0 Å². The maximum absolute atomic E-state index is 9.92. The fourth-order valence-electron chi connectivity index (χ4n) is 2.67. The molecule has 0 aromatic heterocycles. The maximum Gasteiger partial charge on any atom is 0.189 e. The van der Waals surface area contributed by atoms with Crippen molar-refractivity contribution < 1.29 is 44.8 Å². The lowest BCUT2D eigenvalue weighted by Gasteiger charge is -2.43. The highest BCUT2D eigenvalue weighted by Gasteiger charge is 2.46.